The van der Waals surface area contributed by atoms with Crippen molar-refractivity contribution in [3.63, 3.8) is 0 Å². The van der Waals surface area contributed by atoms with Crippen LogP contribution >= 0.6 is 7.92 Å². The van der Waals surface area contributed by atoms with E-state index in [9.17, 15) is 14.7 Å². The van der Waals surface area contributed by atoms with Crippen LogP contribution in [0.25, 0.3) is 0 Å². The largest absolute Gasteiger partial charge is 0.444 e. The van der Waals surface area contributed by atoms with E-state index in [0.717, 1.165) is 0 Å². The molecular weight excluding hydrogens is 487 g/mol. The molecule has 204 valence electrons. The Kier molecular flexibility index (Phi) is 11.9. The summed E-state index contributed by atoms with van der Waals surface area (Å²) in [5.74, 6) is 0. The number of carbonyl (C=O) groups excluding carboxylic acids is 2. The van der Waals surface area contributed by atoms with E-state index in [2.05, 4.69) is 34.9 Å². The van der Waals surface area contributed by atoms with Gasteiger partial charge in [0.2, 0.25) is 0 Å². The van der Waals surface area contributed by atoms with Gasteiger partial charge in [0, 0.05) is 12.7 Å². The summed E-state index contributed by atoms with van der Waals surface area (Å²) in [7, 11) is -0.834. The van der Waals surface area contributed by atoms with E-state index in [1.807, 2.05) is 77.9 Å². The van der Waals surface area contributed by atoms with E-state index in [1.54, 1.807) is 0 Å². The number of unbranched alkanes of at least 4 members (excludes halogenated alkanes) is 1. The highest BCUT2D eigenvalue weighted by Crippen LogP contribution is 2.35. The van der Waals surface area contributed by atoms with Gasteiger partial charge in [-0.05, 0) is 79.3 Å². The van der Waals surface area contributed by atoms with Crippen LogP contribution < -0.4 is 21.2 Å². The number of alkyl carbamates (subject to hydrolysis) is 2. The van der Waals surface area contributed by atoms with Gasteiger partial charge in [0.25, 0.3) is 0 Å². The third-order valence-electron chi connectivity index (χ3n) is 5.28. The number of aliphatic hydroxyl groups is 1. The molecule has 0 fully saturated rings. The fourth-order valence-electron chi connectivity index (χ4n) is 3.70. The van der Waals surface area contributed by atoms with Crippen LogP contribution in [-0.2, 0) is 9.47 Å². The molecular formula is C29H43N2O5P. The molecule has 37 heavy (non-hydrogen) atoms. The summed E-state index contributed by atoms with van der Waals surface area (Å²) in [5, 5.41) is 19.4. The molecule has 0 saturated carbocycles. The fraction of sp³-hybridized carbons (Fsp3) is 0.517. The molecule has 0 aliphatic carbocycles. The second kappa shape index (κ2) is 14.3. The summed E-state index contributed by atoms with van der Waals surface area (Å²) >= 11 is 0. The van der Waals surface area contributed by atoms with Crippen LogP contribution in [0, 0.1) is 0 Å². The monoisotopic (exact) mass is 530 g/mol. The van der Waals surface area contributed by atoms with Crippen LogP contribution in [0.2, 0.25) is 0 Å². The zero-order chi connectivity index (χ0) is 27.5. The molecule has 2 amide bonds. The molecule has 0 bridgehead atoms. The minimum Gasteiger partial charge on any atom is -0.444 e. The van der Waals surface area contributed by atoms with Crippen LogP contribution in [0.3, 0.4) is 0 Å². The zero-order valence-electron chi connectivity index (χ0n) is 23.0. The van der Waals surface area contributed by atoms with Crippen molar-refractivity contribution in [2.45, 2.75) is 84.2 Å². The summed E-state index contributed by atoms with van der Waals surface area (Å²) in [5.41, 5.74) is -1.19. The highest BCUT2D eigenvalue weighted by atomic mass is 31.1. The van der Waals surface area contributed by atoms with Gasteiger partial charge >= 0.3 is 12.2 Å². The standard InChI is InChI=1S/C29H43N2O5P/c1-28(2,3)35-26(33)30-20-14-13-19-24(31-27(34)36-29(4,5)6)25(32)21-37(22-15-9-7-10-16-22)23-17-11-8-12-18-23/h7-12,15-18,24-25,32H,13-14,19-21H2,1-6H3,(H,30,33)(H,31,34)/t24-,25+/m0/s1. The molecule has 2 aromatic carbocycles. The Balaban J connectivity index is 2.07. The van der Waals surface area contributed by atoms with Gasteiger partial charge in [0.05, 0.1) is 12.1 Å². The van der Waals surface area contributed by atoms with Gasteiger partial charge in [0.1, 0.15) is 11.2 Å². The Morgan fingerprint density at radius 1 is 0.811 bits per heavy atom. The fourth-order valence-corrected chi connectivity index (χ4v) is 6.12. The molecule has 0 unspecified atom stereocenters. The Morgan fingerprint density at radius 3 is 1.78 bits per heavy atom. The molecule has 0 heterocycles. The van der Waals surface area contributed by atoms with Gasteiger partial charge in [-0.15, -0.1) is 0 Å². The Bertz CT molecular complexity index is 918. The first-order valence-corrected chi connectivity index (χ1v) is 14.4. The van der Waals surface area contributed by atoms with Crippen molar-refractivity contribution in [2.24, 2.45) is 0 Å². The van der Waals surface area contributed by atoms with E-state index in [0.29, 0.717) is 32.0 Å². The third-order valence-corrected chi connectivity index (χ3v) is 7.86. The predicted molar refractivity (Wildman–Crippen MR) is 151 cm³/mol. The van der Waals surface area contributed by atoms with Crippen molar-refractivity contribution in [1.82, 2.24) is 10.6 Å². The number of benzene rings is 2. The lowest BCUT2D eigenvalue weighted by Gasteiger charge is -2.29. The maximum Gasteiger partial charge on any atom is 0.407 e. The lowest BCUT2D eigenvalue weighted by atomic mass is 10.1. The lowest BCUT2D eigenvalue weighted by molar-refractivity contribution is 0.0432. The SMILES string of the molecule is CC(C)(C)OC(=O)NCCCC[C@H](NC(=O)OC(C)(C)C)[C@H](O)CP(c1ccccc1)c1ccccc1. The van der Waals surface area contributed by atoms with Gasteiger partial charge in [-0.2, -0.15) is 0 Å². The van der Waals surface area contributed by atoms with Gasteiger partial charge < -0.3 is 25.2 Å². The number of amides is 2. The number of hydrogen-bond acceptors (Lipinski definition) is 5. The van der Waals surface area contributed by atoms with Crippen molar-refractivity contribution < 1.29 is 24.2 Å². The molecule has 0 radical (unpaired) electrons. The van der Waals surface area contributed by atoms with E-state index in [1.165, 1.54) is 10.6 Å². The molecule has 2 rings (SSSR count). The summed E-state index contributed by atoms with van der Waals surface area (Å²) in [6.07, 6.45) is 0.646. The molecule has 3 N–H and O–H groups in total. The minimum absolute atomic E-state index is 0.449. The molecule has 2 aromatic rings. The molecule has 0 saturated heterocycles. The first kappa shape index (κ1) is 30.6. The van der Waals surface area contributed by atoms with E-state index < -0.39 is 43.5 Å². The normalized spacial score (nSPS) is 13.5. The van der Waals surface area contributed by atoms with Gasteiger partial charge in [-0.25, -0.2) is 9.59 Å². The van der Waals surface area contributed by atoms with Crippen molar-refractivity contribution in [1.29, 1.82) is 0 Å². The number of nitrogens with one attached hydrogen (secondary N) is 2. The number of rotatable bonds is 11. The lowest BCUT2D eigenvalue weighted by Crippen LogP contribution is -2.47. The van der Waals surface area contributed by atoms with E-state index >= 15 is 0 Å². The number of aliphatic hydroxyl groups excluding tert-OH is 1. The number of hydrogen-bond donors (Lipinski definition) is 3. The van der Waals surface area contributed by atoms with Crippen molar-refractivity contribution >= 4 is 30.7 Å². The summed E-state index contributed by atoms with van der Waals surface area (Å²) in [6.45, 7) is 11.3. The zero-order valence-corrected chi connectivity index (χ0v) is 23.9. The minimum atomic E-state index is -0.834. The summed E-state index contributed by atoms with van der Waals surface area (Å²) < 4.78 is 10.7. The maximum atomic E-state index is 12.6. The second-order valence-electron chi connectivity index (χ2n) is 11.0. The number of carbonyl (C=O) groups is 2. The van der Waals surface area contributed by atoms with E-state index in [-0.39, 0.29) is 0 Å². The highest BCUT2D eigenvalue weighted by Gasteiger charge is 2.28. The van der Waals surface area contributed by atoms with Crippen molar-refractivity contribution in [3.05, 3.63) is 60.7 Å². The molecule has 8 heteroatoms. The topological polar surface area (TPSA) is 96.9 Å². The molecule has 0 aliphatic rings. The molecule has 2 atom stereocenters. The van der Waals surface area contributed by atoms with Gasteiger partial charge in [-0.3, -0.25) is 0 Å². The third kappa shape index (κ3) is 12.4. The summed E-state index contributed by atoms with van der Waals surface area (Å²) in [4.78, 5) is 24.5. The molecule has 7 nitrogen and oxygen atoms in total. The molecule has 0 aromatic heterocycles. The van der Waals surface area contributed by atoms with Crippen LogP contribution in [0.5, 0.6) is 0 Å². The predicted octanol–water partition coefficient (Wildman–Crippen LogP) is 5.07. The first-order valence-electron chi connectivity index (χ1n) is 12.9. The van der Waals surface area contributed by atoms with Crippen molar-refractivity contribution in [3.8, 4) is 0 Å². The summed E-state index contributed by atoms with van der Waals surface area (Å²) in [6, 6.07) is 19.9. The molecule has 0 spiro atoms. The van der Waals surface area contributed by atoms with Crippen LogP contribution in [0.15, 0.2) is 60.7 Å². The second-order valence-corrected chi connectivity index (χ2v) is 13.3. The Hall–Kier alpha value is -2.63. The smallest absolute Gasteiger partial charge is 0.407 e. The maximum absolute atomic E-state index is 12.6. The average Bonchev–Trinajstić information content (AvgIpc) is 2.80. The molecule has 0 aliphatic heterocycles. The van der Waals surface area contributed by atoms with Gasteiger partial charge in [-0.1, -0.05) is 60.7 Å². The first-order chi connectivity index (χ1) is 17.3. The Morgan fingerprint density at radius 2 is 1.30 bits per heavy atom. The van der Waals surface area contributed by atoms with Crippen LogP contribution in [0.4, 0.5) is 9.59 Å². The Labute approximate surface area is 223 Å². The highest BCUT2D eigenvalue weighted by molar-refractivity contribution is 7.73. The average molecular weight is 531 g/mol. The van der Waals surface area contributed by atoms with Crippen LogP contribution in [-0.4, -0.2) is 53.3 Å². The van der Waals surface area contributed by atoms with Gasteiger partial charge in [0.15, 0.2) is 0 Å². The quantitative estimate of drug-likeness (QED) is 0.279. The number of ether oxygens (including phenoxy) is 2. The van der Waals surface area contributed by atoms with Crippen molar-refractivity contribution in [2.75, 3.05) is 12.7 Å². The van der Waals surface area contributed by atoms with E-state index in [4.69, 9.17) is 9.47 Å². The van der Waals surface area contributed by atoms with Crippen LogP contribution in [0.1, 0.15) is 60.8 Å².